The van der Waals surface area contributed by atoms with Gasteiger partial charge in [-0.2, -0.15) is 4.98 Å². The van der Waals surface area contributed by atoms with Gasteiger partial charge in [-0.25, -0.2) is 5.10 Å². The molecule has 1 heterocycles. The van der Waals surface area contributed by atoms with E-state index in [-0.39, 0.29) is 0 Å². The summed E-state index contributed by atoms with van der Waals surface area (Å²) < 4.78 is 0. The molecule has 0 aliphatic heterocycles. The second kappa shape index (κ2) is 3.61. The maximum atomic E-state index is 5.43. The number of rotatable bonds is 2. The van der Waals surface area contributed by atoms with Crippen LogP contribution in [0.4, 0.5) is 17.6 Å². The Morgan fingerprint density at radius 3 is 2.80 bits per heavy atom. The quantitative estimate of drug-likeness (QED) is 0.694. The van der Waals surface area contributed by atoms with Crippen LogP contribution < -0.4 is 11.1 Å². The molecule has 5 nitrogen and oxygen atoms in total. The van der Waals surface area contributed by atoms with Gasteiger partial charge in [0.25, 0.3) is 0 Å². The smallest absolute Gasteiger partial charge is 0.248 e. The predicted octanol–water partition coefficient (Wildman–Crippen LogP) is 1.75. The van der Waals surface area contributed by atoms with Crippen molar-refractivity contribution in [1.29, 1.82) is 0 Å². The van der Waals surface area contributed by atoms with Gasteiger partial charge in [0.15, 0.2) is 0 Å². The molecular weight excluding hydrogens is 190 g/mol. The molecule has 0 aliphatic rings. The molecule has 1 aromatic heterocycles. The number of nitrogens with zero attached hydrogens (tertiary/aromatic N) is 2. The fraction of sp³-hybridized carbons (Fsp3) is 0.200. The first-order chi connectivity index (χ1) is 7.16. The summed E-state index contributed by atoms with van der Waals surface area (Å²) >= 11 is 0. The molecule has 0 unspecified atom stereocenters. The largest absolute Gasteiger partial charge is 0.368 e. The molecule has 1 aromatic carbocycles. The summed E-state index contributed by atoms with van der Waals surface area (Å²) in [4.78, 5) is 3.98. The lowest BCUT2D eigenvalue weighted by Crippen LogP contribution is -1.96. The molecule has 5 heteroatoms. The lowest BCUT2D eigenvalue weighted by molar-refractivity contribution is 1.10. The van der Waals surface area contributed by atoms with Crippen molar-refractivity contribution in [3.05, 3.63) is 29.3 Å². The number of nitrogen functional groups attached to an aromatic ring is 1. The van der Waals surface area contributed by atoms with Crippen LogP contribution in [0.5, 0.6) is 0 Å². The normalized spacial score (nSPS) is 10.3. The first-order valence-electron chi connectivity index (χ1n) is 4.68. The van der Waals surface area contributed by atoms with E-state index >= 15 is 0 Å². The van der Waals surface area contributed by atoms with Gasteiger partial charge in [0.1, 0.15) is 0 Å². The van der Waals surface area contributed by atoms with E-state index in [9.17, 15) is 0 Å². The molecule has 78 valence electrons. The summed E-state index contributed by atoms with van der Waals surface area (Å²) in [5.41, 5.74) is 8.83. The summed E-state index contributed by atoms with van der Waals surface area (Å²) in [7, 11) is 0. The third-order valence-corrected chi connectivity index (χ3v) is 2.35. The zero-order chi connectivity index (χ0) is 10.8. The van der Waals surface area contributed by atoms with Gasteiger partial charge in [0.05, 0.1) is 0 Å². The Morgan fingerprint density at radius 1 is 1.33 bits per heavy atom. The monoisotopic (exact) mass is 203 g/mol. The van der Waals surface area contributed by atoms with E-state index < -0.39 is 0 Å². The zero-order valence-corrected chi connectivity index (χ0v) is 8.70. The zero-order valence-electron chi connectivity index (χ0n) is 8.70. The molecule has 0 spiro atoms. The third-order valence-electron chi connectivity index (χ3n) is 2.35. The van der Waals surface area contributed by atoms with Crippen LogP contribution in [0, 0.1) is 13.8 Å². The molecule has 0 saturated carbocycles. The number of nitrogens with one attached hydrogen (secondary N) is 2. The molecule has 0 atom stereocenters. The number of hydrogen-bond donors (Lipinski definition) is 3. The van der Waals surface area contributed by atoms with Crippen LogP contribution in [0.25, 0.3) is 0 Å². The Labute approximate surface area is 87.7 Å². The van der Waals surface area contributed by atoms with Crippen LogP contribution in [-0.2, 0) is 0 Å². The maximum Gasteiger partial charge on any atom is 0.248 e. The fourth-order valence-electron chi connectivity index (χ4n) is 1.34. The number of anilines is 3. The minimum absolute atomic E-state index is 0.308. The van der Waals surface area contributed by atoms with E-state index in [2.05, 4.69) is 33.5 Å². The minimum Gasteiger partial charge on any atom is -0.368 e. The molecule has 0 aliphatic carbocycles. The summed E-state index contributed by atoms with van der Waals surface area (Å²) in [5.74, 6) is 0.795. The van der Waals surface area contributed by atoms with Crippen LogP contribution in [0.3, 0.4) is 0 Å². The molecule has 0 radical (unpaired) electrons. The van der Waals surface area contributed by atoms with Crippen LogP contribution in [0.2, 0.25) is 0 Å². The van der Waals surface area contributed by atoms with Crippen LogP contribution in [0.15, 0.2) is 18.2 Å². The van der Waals surface area contributed by atoms with Gasteiger partial charge in [-0.05, 0) is 31.0 Å². The van der Waals surface area contributed by atoms with Gasteiger partial charge in [-0.15, -0.1) is 5.10 Å². The molecular formula is C10H13N5. The molecule has 0 saturated heterocycles. The van der Waals surface area contributed by atoms with Crippen LogP contribution in [-0.4, -0.2) is 15.2 Å². The van der Waals surface area contributed by atoms with Gasteiger partial charge in [0, 0.05) is 5.69 Å². The highest BCUT2D eigenvalue weighted by molar-refractivity contribution is 5.60. The summed E-state index contributed by atoms with van der Waals surface area (Å²) in [6.07, 6.45) is 0. The molecule has 0 amide bonds. The second-order valence-corrected chi connectivity index (χ2v) is 3.42. The Hall–Kier alpha value is -2.04. The summed E-state index contributed by atoms with van der Waals surface area (Å²) in [6.45, 7) is 4.11. The Balaban J connectivity index is 2.28. The average molecular weight is 203 g/mol. The molecule has 2 aromatic rings. The van der Waals surface area contributed by atoms with E-state index in [1.165, 1.54) is 11.1 Å². The first-order valence-corrected chi connectivity index (χ1v) is 4.68. The van der Waals surface area contributed by atoms with Gasteiger partial charge in [0.2, 0.25) is 11.9 Å². The van der Waals surface area contributed by atoms with E-state index in [4.69, 9.17) is 5.73 Å². The standard InChI is InChI=1S/C10H13N5/c1-6-4-3-5-8(7(6)2)12-10-13-9(11)14-15-10/h3-5H,1-2H3,(H4,11,12,13,14,15). The van der Waals surface area contributed by atoms with Gasteiger partial charge < -0.3 is 11.1 Å². The molecule has 2 rings (SSSR count). The lowest BCUT2D eigenvalue weighted by atomic mass is 10.1. The second-order valence-electron chi connectivity index (χ2n) is 3.42. The van der Waals surface area contributed by atoms with Crippen molar-refractivity contribution in [1.82, 2.24) is 15.2 Å². The molecule has 0 bridgehead atoms. The maximum absolute atomic E-state index is 5.43. The van der Waals surface area contributed by atoms with Crippen molar-refractivity contribution >= 4 is 17.6 Å². The Kier molecular flexibility index (Phi) is 2.29. The lowest BCUT2D eigenvalue weighted by Gasteiger charge is -2.07. The highest BCUT2D eigenvalue weighted by Gasteiger charge is 2.03. The number of nitrogens with two attached hydrogens (primary N) is 1. The van der Waals surface area contributed by atoms with Crippen LogP contribution >= 0.6 is 0 Å². The van der Waals surface area contributed by atoms with Crippen LogP contribution in [0.1, 0.15) is 11.1 Å². The van der Waals surface area contributed by atoms with Crippen molar-refractivity contribution in [2.45, 2.75) is 13.8 Å². The van der Waals surface area contributed by atoms with Gasteiger partial charge >= 0.3 is 0 Å². The van der Waals surface area contributed by atoms with Crippen molar-refractivity contribution in [3.8, 4) is 0 Å². The topological polar surface area (TPSA) is 79.6 Å². The van der Waals surface area contributed by atoms with Gasteiger partial charge in [-0.3, -0.25) is 0 Å². The molecule has 0 fully saturated rings. The van der Waals surface area contributed by atoms with E-state index in [1.54, 1.807) is 0 Å². The predicted molar refractivity (Wildman–Crippen MR) is 60.0 cm³/mol. The van der Waals surface area contributed by atoms with E-state index in [0.717, 1.165) is 5.69 Å². The average Bonchev–Trinajstić information content (AvgIpc) is 2.59. The number of aromatic nitrogens is 3. The molecule has 4 N–H and O–H groups in total. The Bertz CT molecular complexity index is 474. The number of H-pyrrole nitrogens is 1. The van der Waals surface area contributed by atoms with E-state index in [0.29, 0.717) is 11.9 Å². The van der Waals surface area contributed by atoms with Crippen molar-refractivity contribution in [3.63, 3.8) is 0 Å². The number of aryl methyl sites for hydroxylation is 1. The van der Waals surface area contributed by atoms with Crippen molar-refractivity contribution in [2.24, 2.45) is 0 Å². The number of benzene rings is 1. The highest BCUT2D eigenvalue weighted by atomic mass is 15.3. The summed E-state index contributed by atoms with van der Waals surface area (Å²) in [6, 6.07) is 6.03. The number of hydrogen-bond acceptors (Lipinski definition) is 4. The minimum atomic E-state index is 0.308. The third kappa shape index (κ3) is 1.90. The van der Waals surface area contributed by atoms with Gasteiger partial charge in [-0.1, -0.05) is 12.1 Å². The SMILES string of the molecule is Cc1cccc(Nc2n[nH]c(N)n2)c1C. The van der Waals surface area contributed by atoms with Crippen molar-refractivity contribution < 1.29 is 0 Å². The number of aromatic amines is 1. The first kappa shape index (κ1) is 9.51. The van der Waals surface area contributed by atoms with Crippen molar-refractivity contribution in [2.75, 3.05) is 11.1 Å². The summed E-state index contributed by atoms with van der Waals surface area (Å²) in [5, 5.41) is 9.59. The highest BCUT2D eigenvalue weighted by Crippen LogP contribution is 2.20. The Morgan fingerprint density at radius 2 is 2.13 bits per heavy atom. The fourth-order valence-corrected chi connectivity index (χ4v) is 1.34. The van der Waals surface area contributed by atoms with E-state index in [1.807, 2.05) is 19.1 Å². The molecule has 15 heavy (non-hydrogen) atoms.